The van der Waals surface area contributed by atoms with Gasteiger partial charge in [-0.1, -0.05) is 12.1 Å². The van der Waals surface area contributed by atoms with E-state index in [9.17, 15) is 4.79 Å². The molecule has 3 nitrogen and oxygen atoms in total. The van der Waals surface area contributed by atoms with Crippen molar-refractivity contribution in [1.29, 1.82) is 0 Å². The van der Waals surface area contributed by atoms with Crippen molar-refractivity contribution in [2.45, 2.75) is 6.42 Å². The van der Waals surface area contributed by atoms with Crippen molar-refractivity contribution in [3.05, 3.63) is 29.3 Å². The van der Waals surface area contributed by atoms with E-state index in [2.05, 4.69) is 4.98 Å². The summed E-state index contributed by atoms with van der Waals surface area (Å²) in [5, 5.41) is 9.22. The molecule has 0 atom stereocenters. The summed E-state index contributed by atoms with van der Waals surface area (Å²) in [6.45, 7) is 0. The van der Waals surface area contributed by atoms with Crippen LogP contribution < -0.4 is 0 Å². The number of thiazole rings is 1. The van der Waals surface area contributed by atoms with Crippen LogP contribution in [0.3, 0.4) is 0 Å². The summed E-state index contributed by atoms with van der Waals surface area (Å²) in [6.07, 6.45) is 0.0132. The second-order valence-corrected chi connectivity index (χ2v) is 3.76. The van der Waals surface area contributed by atoms with Crippen LogP contribution in [0.25, 0.3) is 10.2 Å². The molecule has 2 rings (SSSR count). The van der Waals surface area contributed by atoms with Crippen molar-refractivity contribution in [2.75, 3.05) is 0 Å². The Bertz CT molecular complexity index is 422. The zero-order valence-electron chi connectivity index (χ0n) is 7.73. The summed E-state index contributed by atoms with van der Waals surface area (Å²) < 4.78 is 1.04. The maximum atomic E-state index is 10.4. The second kappa shape index (κ2) is 4.89. The van der Waals surface area contributed by atoms with Crippen LogP contribution in [0, 0.1) is 0 Å². The third kappa shape index (κ3) is 2.54. The smallest absolute Gasteiger partial charge is 0.310 e. The fraction of sp³-hybridized carbons (Fsp3) is 0.111. The Labute approximate surface area is 107 Å². The first kappa shape index (κ1) is 11.7. The molecule has 0 amide bonds. The van der Waals surface area contributed by atoms with Crippen molar-refractivity contribution in [3.8, 4) is 0 Å². The largest absolute Gasteiger partial charge is 0.481 e. The van der Waals surface area contributed by atoms with Gasteiger partial charge in [0.15, 0.2) is 0 Å². The monoisotopic (exact) mass is 216 g/mol. The molecule has 2 aromatic rings. The average Bonchev–Trinajstić information content (AvgIpc) is 2.44. The molecule has 67 valence electrons. The van der Waals surface area contributed by atoms with Crippen molar-refractivity contribution < 1.29 is 9.90 Å². The number of carbonyl (C=O) groups is 1. The standard InChI is InChI=1S/C9H7NO2S.Na/c11-9(12)5-8-10-6-3-1-2-4-7(6)13-8;/h1-4H,5H2,(H,11,12);. The van der Waals surface area contributed by atoms with E-state index >= 15 is 0 Å². The molecule has 1 aromatic carbocycles. The van der Waals surface area contributed by atoms with Crippen LogP contribution in [0.4, 0.5) is 0 Å². The molecule has 0 saturated carbocycles. The number of benzene rings is 1. The van der Waals surface area contributed by atoms with Gasteiger partial charge in [0, 0.05) is 29.6 Å². The molecule has 0 aliphatic carbocycles. The van der Waals surface area contributed by atoms with Gasteiger partial charge in [0.2, 0.25) is 0 Å². The maximum Gasteiger partial charge on any atom is 0.310 e. The summed E-state index contributed by atoms with van der Waals surface area (Å²) >= 11 is 1.43. The molecule has 0 saturated heterocycles. The van der Waals surface area contributed by atoms with Gasteiger partial charge in [-0.3, -0.25) is 4.79 Å². The molecule has 1 N–H and O–H groups in total. The van der Waals surface area contributed by atoms with Crippen LogP contribution in [0.15, 0.2) is 24.3 Å². The number of aliphatic carboxylic acids is 1. The molecule has 5 heteroatoms. The molecule has 0 spiro atoms. The van der Waals surface area contributed by atoms with E-state index in [1.165, 1.54) is 11.3 Å². The molecule has 0 fully saturated rings. The minimum absolute atomic E-state index is 0. The summed E-state index contributed by atoms with van der Waals surface area (Å²) in [6, 6.07) is 7.65. The third-order valence-electron chi connectivity index (χ3n) is 1.64. The Morgan fingerprint density at radius 2 is 2.14 bits per heavy atom. The van der Waals surface area contributed by atoms with E-state index in [0.717, 1.165) is 10.2 Å². The number of carboxylic acids is 1. The van der Waals surface area contributed by atoms with Gasteiger partial charge in [-0.15, -0.1) is 11.3 Å². The number of para-hydroxylation sites is 1. The quantitative estimate of drug-likeness (QED) is 0.775. The Kier molecular flexibility index (Phi) is 4.07. The minimum atomic E-state index is -0.834. The molecule has 1 heterocycles. The summed E-state index contributed by atoms with van der Waals surface area (Å²) in [5.41, 5.74) is 0.878. The zero-order chi connectivity index (χ0) is 9.26. The van der Waals surface area contributed by atoms with Crippen LogP contribution in [0.2, 0.25) is 0 Å². The van der Waals surface area contributed by atoms with E-state index in [-0.39, 0.29) is 36.0 Å². The van der Waals surface area contributed by atoms with Gasteiger partial charge in [-0.05, 0) is 12.1 Å². The van der Waals surface area contributed by atoms with Crippen LogP contribution in [-0.4, -0.2) is 45.6 Å². The number of aromatic nitrogens is 1. The average molecular weight is 216 g/mol. The van der Waals surface area contributed by atoms with E-state index in [1.54, 1.807) is 0 Å². The maximum absolute atomic E-state index is 10.4. The molecular formula is C9H7NNaO2S. The van der Waals surface area contributed by atoms with Crippen molar-refractivity contribution >= 4 is 57.1 Å². The molecule has 0 bridgehead atoms. The van der Waals surface area contributed by atoms with Crippen molar-refractivity contribution in [2.24, 2.45) is 0 Å². The third-order valence-corrected chi connectivity index (χ3v) is 2.68. The molecule has 14 heavy (non-hydrogen) atoms. The summed E-state index contributed by atoms with van der Waals surface area (Å²) in [5.74, 6) is -0.834. The van der Waals surface area contributed by atoms with Gasteiger partial charge in [0.1, 0.15) is 5.01 Å². The summed E-state index contributed by atoms with van der Waals surface area (Å²) in [4.78, 5) is 14.6. The Hall–Kier alpha value is -0.420. The molecular weight excluding hydrogens is 209 g/mol. The van der Waals surface area contributed by atoms with E-state index in [0.29, 0.717) is 5.01 Å². The first-order valence-electron chi connectivity index (χ1n) is 3.82. The zero-order valence-corrected chi connectivity index (χ0v) is 10.5. The number of nitrogens with zero attached hydrogens (tertiary/aromatic N) is 1. The normalized spacial score (nSPS) is 9.71. The van der Waals surface area contributed by atoms with Crippen LogP contribution >= 0.6 is 11.3 Å². The SMILES string of the molecule is O=C(O)Cc1nc2ccccc2s1.[Na]. The first-order valence-corrected chi connectivity index (χ1v) is 4.63. The van der Waals surface area contributed by atoms with Crippen molar-refractivity contribution in [3.63, 3.8) is 0 Å². The number of fused-ring (bicyclic) bond motifs is 1. The molecule has 1 radical (unpaired) electrons. The van der Waals surface area contributed by atoms with Crippen LogP contribution in [0.5, 0.6) is 0 Å². The van der Waals surface area contributed by atoms with Gasteiger partial charge in [-0.2, -0.15) is 0 Å². The summed E-state index contributed by atoms with van der Waals surface area (Å²) in [7, 11) is 0. The number of hydrogen-bond donors (Lipinski definition) is 1. The Balaban J connectivity index is 0.000000980. The van der Waals surface area contributed by atoms with Crippen molar-refractivity contribution in [1.82, 2.24) is 4.98 Å². The van der Waals surface area contributed by atoms with Gasteiger partial charge >= 0.3 is 5.97 Å². The van der Waals surface area contributed by atoms with Gasteiger partial charge in [-0.25, -0.2) is 4.98 Å². The predicted octanol–water partition coefficient (Wildman–Crippen LogP) is 1.54. The molecule has 1 aromatic heterocycles. The van der Waals surface area contributed by atoms with Crippen LogP contribution in [0.1, 0.15) is 5.01 Å². The fourth-order valence-electron chi connectivity index (χ4n) is 1.12. The Morgan fingerprint density at radius 1 is 1.43 bits per heavy atom. The van der Waals surface area contributed by atoms with E-state index in [1.807, 2.05) is 24.3 Å². The van der Waals surface area contributed by atoms with Gasteiger partial charge < -0.3 is 5.11 Å². The van der Waals surface area contributed by atoms with Gasteiger partial charge in [0.05, 0.1) is 16.6 Å². The topological polar surface area (TPSA) is 50.2 Å². The second-order valence-electron chi connectivity index (χ2n) is 2.65. The fourth-order valence-corrected chi connectivity index (χ4v) is 2.08. The van der Waals surface area contributed by atoms with E-state index < -0.39 is 5.97 Å². The molecule has 0 unspecified atom stereocenters. The predicted molar refractivity (Wildman–Crippen MR) is 56.7 cm³/mol. The number of hydrogen-bond acceptors (Lipinski definition) is 3. The minimum Gasteiger partial charge on any atom is -0.481 e. The van der Waals surface area contributed by atoms with Gasteiger partial charge in [0.25, 0.3) is 0 Å². The Morgan fingerprint density at radius 3 is 2.79 bits per heavy atom. The first-order chi connectivity index (χ1) is 6.25. The van der Waals surface area contributed by atoms with Crippen LogP contribution in [-0.2, 0) is 11.2 Å². The van der Waals surface area contributed by atoms with E-state index in [4.69, 9.17) is 5.11 Å². The molecule has 0 aliphatic rings. The number of carboxylic acid groups (broad SMARTS) is 1. The molecule has 0 aliphatic heterocycles. The number of rotatable bonds is 2.